The zero-order valence-corrected chi connectivity index (χ0v) is 18.8. The third-order valence-electron chi connectivity index (χ3n) is 5.57. The molecule has 0 unspecified atom stereocenters. The van der Waals surface area contributed by atoms with Crippen LogP contribution in [0.4, 0.5) is 8.78 Å². The van der Waals surface area contributed by atoms with Crippen LogP contribution in [-0.2, 0) is 43.3 Å². The Morgan fingerprint density at radius 3 is 2.18 bits per heavy atom. The Bertz CT molecular complexity index is 1430. The van der Waals surface area contributed by atoms with Gasteiger partial charge >= 0.3 is 5.69 Å². The van der Waals surface area contributed by atoms with Crippen LogP contribution in [0.15, 0.2) is 64.4 Å². The second-order valence-electron chi connectivity index (χ2n) is 7.91. The third kappa shape index (κ3) is 4.82. The van der Waals surface area contributed by atoms with Gasteiger partial charge in [0.1, 0.15) is 11.6 Å². The molecule has 34 heavy (non-hydrogen) atoms. The largest absolute Gasteiger partial charge is 0.374 e. The second kappa shape index (κ2) is 10.1. The molecule has 0 saturated heterocycles. The summed E-state index contributed by atoms with van der Waals surface area (Å²) in [6.07, 6.45) is 0.827. The maximum Gasteiger partial charge on any atom is 0.332 e. The van der Waals surface area contributed by atoms with Crippen molar-refractivity contribution in [2.75, 3.05) is 6.61 Å². The van der Waals surface area contributed by atoms with Crippen molar-refractivity contribution in [3.05, 3.63) is 98.5 Å². The summed E-state index contributed by atoms with van der Waals surface area (Å²) in [6.45, 7) is 0.195. The summed E-state index contributed by atoms with van der Waals surface area (Å²) in [5.41, 5.74) is 0.271. The van der Waals surface area contributed by atoms with Gasteiger partial charge in [0.15, 0.2) is 11.2 Å². The molecule has 4 rings (SSSR count). The molecule has 8 nitrogen and oxygen atoms in total. The summed E-state index contributed by atoms with van der Waals surface area (Å²) in [4.78, 5) is 29.2. The van der Waals surface area contributed by atoms with Crippen LogP contribution in [0, 0.1) is 11.6 Å². The van der Waals surface area contributed by atoms with Crippen LogP contribution in [0.2, 0.25) is 0 Å². The third-order valence-corrected chi connectivity index (χ3v) is 5.57. The van der Waals surface area contributed by atoms with Gasteiger partial charge in [-0.2, -0.15) is 0 Å². The molecule has 2 aromatic carbocycles. The molecule has 0 spiro atoms. The first-order chi connectivity index (χ1) is 16.4. The van der Waals surface area contributed by atoms with Gasteiger partial charge < -0.3 is 14.0 Å². The topological polar surface area (TPSA) is 80.3 Å². The second-order valence-corrected chi connectivity index (χ2v) is 7.91. The number of ether oxygens (including phenoxy) is 2. The van der Waals surface area contributed by atoms with E-state index >= 15 is 0 Å². The molecule has 1 atom stereocenters. The zero-order valence-electron chi connectivity index (χ0n) is 18.8. The molecule has 0 saturated carbocycles. The first-order valence-electron chi connectivity index (χ1n) is 10.6. The molecular formula is C24H24F2N4O4. The fraction of sp³-hybridized carbons (Fsp3) is 0.292. The summed E-state index contributed by atoms with van der Waals surface area (Å²) in [6, 6.07) is 12.5. The van der Waals surface area contributed by atoms with Gasteiger partial charge in [-0.15, -0.1) is 0 Å². The van der Waals surface area contributed by atoms with Crippen LogP contribution < -0.4 is 11.2 Å². The van der Waals surface area contributed by atoms with Gasteiger partial charge in [-0.3, -0.25) is 13.9 Å². The Balaban J connectivity index is 1.57. The van der Waals surface area contributed by atoms with Crippen molar-refractivity contribution in [1.29, 1.82) is 0 Å². The van der Waals surface area contributed by atoms with Gasteiger partial charge in [-0.25, -0.2) is 18.6 Å². The van der Waals surface area contributed by atoms with E-state index in [4.69, 9.17) is 9.47 Å². The molecule has 10 heteroatoms. The number of hydrogen-bond donors (Lipinski definition) is 0. The summed E-state index contributed by atoms with van der Waals surface area (Å²) >= 11 is 0. The average molecular weight is 470 g/mol. The van der Waals surface area contributed by atoms with E-state index in [1.807, 2.05) is 0 Å². The smallest absolute Gasteiger partial charge is 0.332 e. The lowest BCUT2D eigenvalue weighted by Gasteiger charge is -2.19. The van der Waals surface area contributed by atoms with Gasteiger partial charge in [0.2, 0.25) is 0 Å². The van der Waals surface area contributed by atoms with Crippen LogP contribution in [-0.4, -0.2) is 31.4 Å². The highest BCUT2D eigenvalue weighted by Gasteiger charge is 2.19. The molecule has 0 fully saturated rings. The monoisotopic (exact) mass is 470 g/mol. The minimum atomic E-state index is -0.620. The zero-order chi connectivity index (χ0) is 24.2. The minimum absolute atomic E-state index is 0.0210. The molecule has 0 bridgehead atoms. The summed E-state index contributed by atoms with van der Waals surface area (Å²) in [5, 5.41) is 0. The van der Waals surface area contributed by atoms with Crippen LogP contribution >= 0.6 is 0 Å². The van der Waals surface area contributed by atoms with E-state index in [0.717, 1.165) is 4.57 Å². The fourth-order valence-corrected chi connectivity index (χ4v) is 3.65. The maximum absolute atomic E-state index is 14.1. The van der Waals surface area contributed by atoms with E-state index in [2.05, 4.69) is 4.98 Å². The van der Waals surface area contributed by atoms with Crippen LogP contribution in [0.5, 0.6) is 0 Å². The van der Waals surface area contributed by atoms with E-state index < -0.39 is 23.2 Å². The summed E-state index contributed by atoms with van der Waals surface area (Å²) in [7, 11) is 2.93. The number of halogens is 2. The lowest BCUT2D eigenvalue weighted by atomic mass is 10.2. The molecule has 0 aliphatic rings. The number of fused-ring (bicyclic) bond motifs is 1. The molecule has 0 aliphatic carbocycles. The molecule has 4 aromatic rings. The Morgan fingerprint density at radius 1 is 0.912 bits per heavy atom. The van der Waals surface area contributed by atoms with E-state index in [9.17, 15) is 18.4 Å². The van der Waals surface area contributed by atoms with Crippen molar-refractivity contribution in [3.63, 3.8) is 0 Å². The molecular weight excluding hydrogens is 446 g/mol. The minimum Gasteiger partial charge on any atom is -0.374 e. The molecule has 0 aliphatic heterocycles. The Labute approximate surface area is 193 Å². The number of nitrogens with zero attached hydrogens (tertiary/aromatic N) is 4. The molecule has 2 aromatic heterocycles. The number of hydrogen-bond acceptors (Lipinski definition) is 5. The van der Waals surface area contributed by atoms with Gasteiger partial charge in [0.05, 0.1) is 38.8 Å². The lowest BCUT2D eigenvalue weighted by Crippen LogP contribution is -2.38. The molecule has 2 heterocycles. The first kappa shape index (κ1) is 23.5. The van der Waals surface area contributed by atoms with Crippen molar-refractivity contribution >= 4 is 11.2 Å². The van der Waals surface area contributed by atoms with Gasteiger partial charge in [0, 0.05) is 25.2 Å². The Kier molecular flexibility index (Phi) is 6.99. The van der Waals surface area contributed by atoms with Gasteiger partial charge in [-0.05, 0) is 12.1 Å². The quantitative estimate of drug-likeness (QED) is 0.376. The number of aromatic nitrogens is 4. The van der Waals surface area contributed by atoms with Crippen LogP contribution in [0.1, 0.15) is 11.1 Å². The molecule has 178 valence electrons. The number of benzene rings is 2. The summed E-state index contributed by atoms with van der Waals surface area (Å²) < 4.78 is 43.5. The maximum atomic E-state index is 14.1. The number of rotatable bonds is 9. The highest BCUT2D eigenvalue weighted by atomic mass is 19.1. The van der Waals surface area contributed by atoms with E-state index in [-0.39, 0.29) is 43.3 Å². The van der Waals surface area contributed by atoms with Gasteiger partial charge in [-0.1, -0.05) is 36.4 Å². The van der Waals surface area contributed by atoms with Crippen molar-refractivity contribution in [1.82, 2.24) is 18.7 Å². The SMILES string of the molecule is Cn1c(=O)c2c(ncn2C[C@@H](COCc2ccccc2F)OCc2ccccc2F)n(C)c1=O. The number of aryl methyl sites for hydroxylation is 1. The normalized spacial score (nSPS) is 12.4. The Morgan fingerprint density at radius 2 is 1.53 bits per heavy atom. The predicted octanol–water partition coefficient (Wildman–Crippen LogP) is 2.51. The van der Waals surface area contributed by atoms with Crippen molar-refractivity contribution in [2.24, 2.45) is 14.1 Å². The molecule has 0 amide bonds. The fourth-order valence-electron chi connectivity index (χ4n) is 3.65. The highest BCUT2D eigenvalue weighted by molar-refractivity contribution is 5.69. The average Bonchev–Trinajstić information content (AvgIpc) is 3.25. The Hall–Kier alpha value is -3.63. The molecule has 0 radical (unpaired) electrons. The predicted molar refractivity (Wildman–Crippen MR) is 121 cm³/mol. The standard InChI is InChI=1S/C24H24F2N4O4/c1-28-22-21(23(31)29(2)24(28)32)30(15-27-22)11-18(34-13-17-8-4-6-10-20(17)26)14-33-12-16-7-3-5-9-19(16)25/h3-10,15,18H,11-14H2,1-2H3/t18-/m0/s1. The number of imidazole rings is 1. The van der Waals surface area contributed by atoms with Crippen LogP contribution in [0.3, 0.4) is 0 Å². The highest BCUT2D eigenvalue weighted by Crippen LogP contribution is 2.14. The van der Waals surface area contributed by atoms with E-state index in [1.165, 1.54) is 37.1 Å². The van der Waals surface area contributed by atoms with E-state index in [1.54, 1.807) is 41.0 Å². The van der Waals surface area contributed by atoms with Crippen molar-refractivity contribution in [3.8, 4) is 0 Å². The molecule has 0 N–H and O–H groups in total. The summed E-state index contributed by atoms with van der Waals surface area (Å²) in [5.74, 6) is -0.776. The van der Waals surface area contributed by atoms with E-state index in [0.29, 0.717) is 11.1 Å². The van der Waals surface area contributed by atoms with Crippen molar-refractivity contribution in [2.45, 2.75) is 25.9 Å². The first-order valence-corrected chi connectivity index (χ1v) is 10.6. The van der Waals surface area contributed by atoms with Gasteiger partial charge in [0.25, 0.3) is 5.56 Å². The lowest BCUT2D eigenvalue weighted by molar-refractivity contribution is -0.0379. The van der Waals surface area contributed by atoms with Crippen LogP contribution in [0.25, 0.3) is 11.2 Å². The van der Waals surface area contributed by atoms with Crippen molar-refractivity contribution < 1.29 is 18.3 Å².